The summed E-state index contributed by atoms with van der Waals surface area (Å²) in [5.74, 6) is 0.506. The van der Waals surface area contributed by atoms with Crippen molar-refractivity contribution in [3.63, 3.8) is 0 Å². The van der Waals surface area contributed by atoms with Crippen LogP contribution >= 0.6 is 15.9 Å². The van der Waals surface area contributed by atoms with E-state index >= 15 is 0 Å². The number of likely N-dealkylation sites (tertiary alicyclic amines) is 1. The van der Waals surface area contributed by atoms with Gasteiger partial charge in [-0.2, -0.15) is 5.26 Å². The first-order valence-electron chi connectivity index (χ1n) is 9.45. The molecule has 1 saturated heterocycles. The third-order valence-electron chi connectivity index (χ3n) is 5.48. The fraction of sp³-hybridized carbons (Fsp3) is 0.238. The van der Waals surface area contributed by atoms with Crippen molar-refractivity contribution < 1.29 is 0 Å². The number of nitrogens with zero attached hydrogens (tertiary/aromatic N) is 6. The van der Waals surface area contributed by atoms with Gasteiger partial charge in [0.05, 0.1) is 22.5 Å². The van der Waals surface area contributed by atoms with Gasteiger partial charge < -0.3 is 0 Å². The molecular weight excluding hydrogens is 432 g/mol. The summed E-state index contributed by atoms with van der Waals surface area (Å²) in [5.41, 5.74) is 2.21. The Bertz CT molecular complexity index is 1310. The Hall–Kier alpha value is -3.02. The molecule has 0 radical (unpaired) electrons. The molecule has 1 fully saturated rings. The lowest BCUT2D eigenvalue weighted by atomic mass is 10.1. The molecule has 0 bridgehead atoms. The number of halogens is 1. The molecule has 1 unspecified atom stereocenters. The van der Waals surface area contributed by atoms with Crippen molar-refractivity contribution in [3.05, 3.63) is 74.7 Å². The molecule has 1 aliphatic heterocycles. The largest absolute Gasteiger partial charge is 0.279 e. The van der Waals surface area contributed by atoms with E-state index in [1.807, 2.05) is 34.7 Å². The Kier molecular flexibility index (Phi) is 4.42. The summed E-state index contributed by atoms with van der Waals surface area (Å²) in [5, 5.41) is 18.1. The molecule has 1 atom stereocenters. The zero-order chi connectivity index (χ0) is 20.0. The second-order valence-corrected chi connectivity index (χ2v) is 8.10. The van der Waals surface area contributed by atoms with E-state index in [0.29, 0.717) is 16.7 Å². The van der Waals surface area contributed by atoms with Crippen LogP contribution in [-0.2, 0) is 0 Å². The van der Waals surface area contributed by atoms with E-state index in [4.69, 9.17) is 5.26 Å². The Morgan fingerprint density at radius 3 is 2.59 bits per heavy atom. The van der Waals surface area contributed by atoms with Gasteiger partial charge in [-0.15, -0.1) is 10.2 Å². The molecule has 0 N–H and O–H groups in total. The fourth-order valence-electron chi connectivity index (χ4n) is 4.13. The molecule has 7 nitrogen and oxygen atoms in total. The highest BCUT2D eigenvalue weighted by Gasteiger charge is 2.29. The van der Waals surface area contributed by atoms with Crippen molar-refractivity contribution in [1.29, 1.82) is 5.26 Å². The minimum Gasteiger partial charge on any atom is -0.279 e. The normalized spacial score (nSPS) is 15.7. The molecule has 3 heterocycles. The molecule has 4 aromatic rings. The average Bonchev–Trinajstić information content (AvgIpc) is 3.43. The number of hydrogen-bond donors (Lipinski definition) is 0. The predicted octanol–water partition coefficient (Wildman–Crippen LogP) is 3.32. The number of hydrogen-bond acceptors (Lipinski definition) is 5. The number of fused-ring (bicyclic) bond motifs is 3. The Balaban J connectivity index is 1.83. The minimum absolute atomic E-state index is 0.108. The van der Waals surface area contributed by atoms with Gasteiger partial charge >= 0.3 is 0 Å². The van der Waals surface area contributed by atoms with E-state index in [1.165, 1.54) is 0 Å². The van der Waals surface area contributed by atoms with Crippen LogP contribution in [0.4, 0.5) is 0 Å². The van der Waals surface area contributed by atoms with Crippen molar-refractivity contribution in [2.45, 2.75) is 19.0 Å². The van der Waals surface area contributed by atoms with Gasteiger partial charge in [0.25, 0.3) is 5.56 Å². The monoisotopic (exact) mass is 448 g/mol. The third-order valence-corrected chi connectivity index (χ3v) is 5.97. The van der Waals surface area contributed by atoms with Gasteiger partial charge in [-0.3, -0.25) is 18.7 Å². The van der Waals surface area contributed by atoms with E-state index in [2.05, 4.69) is 37.1 Å². The predicted molar refractivity (Wildman–Crippen MR) is 113 cm³/mol. The summed E-state index contributed by atoms with van der Waals surface area (Å²) in [6.07, 6.45) is 3.50. The molecule has 5 rings (SSSR count). The van der Waals surface area contributed by atoms with Crippen LogP contribution in [0.15, 0.2) is 58.1 Å². The number of nitriles is 1. The van der Waals surface area contributed by atoms with Crippen LogP contribution in [0.25, 0.3) is 16.7 Å². The van der Waals surface area contributed by atoms with Crippen LogP contribution in [-0.4, -0.2) is 37.2 Å². The SMILES string of the molecule is N#Cc1ccc(C(N2CCCC2)n2c(=O)c3cc(Br)ccc3n3cnnc23)cc1. The van der Waals surface area contributed by atoms with Crippen molar-refractivity contribution in [2.24, 2.45) is 0 Å². The third kappa shape index (κ3) is 2.94. The van der Waals surface area contributed by atoms with Gasteiger partial charge in [0.1, 0.15) is 12.5 Å². The molecule has 144 valence electrons. The maximum Gasteiger partial charge on any atom is 0.264 e. The summed E-state index contributed by atoms with van der Waals surface area (Å²) < 4.78 is 4.43. The van der Waals surface area contributed by atoms with Crippen LogP contribution in [0.5, 0.6) is 0 Å². The van der Waals surface area contributed by atoms with Gasteiger partial charge in [0, 0.05) is 17.6 Å². The molecule has 1 aliphatic rings. The van der Waals surface area contributed by atoms with Gasteiger partial charge in [0.15, 0.2) is 0 Å². The summed E-state index contributed by atoms with van der Waals surface area (Å²) in [6.45, 7) is 1.79. The maximum atomic E-state index is 13.7. The quantitative estimate of drug-likeness (QED) is 0.480. The smallest absolute Gasteiger partial charge is 0.264 e. The lowest BCUT2D eigenvalue weighted by Crippen LogP contribution is -2.38. The maximum absolute atomic E-state index is 13.7. The lowest BCUT2D eigenvalue weighted by molar-refractivity contribution is 0.213. The average molecular weight is 449 g/mol. The standard InChI is InChI=1S/C21H17BrN6O/c22-16-7-8-18-17(11-16)20(29)28(21-25-24-13-27(18)21)19(26-9-1-2-10-26)15-5-3-14(12-23)4-6-15/h3-8,11,13,19H,1-2,9-10H2. The number of benzene rings is 2. The van der Waals surface area contributed by atoms with Crippen LogP contribution in [0.1, 0.15) is 30.1 Å². The van der Waals surface area contributed by atoms with Gasteiger partial charge in [0.2, 0.25) is 5.78 Å². The molecule has 8 heteroatoms. The van der Waals surface area contributed by atoms with Crippen molar-refractivity contribution in [3.8, 4) is 6.07 Å². The molecule has 2 aromatic carbocycles. The van der Waals surface area contributed by atoms with Gasteiger partial charge in [-0.25, -0.2) is 0 Å². The van der Waals surface area contributed by atoms with Crippen molar-refractivity contribution in [1.82, 2.24) is 24.1 Å². The van der Waals surface area contributed by atoms with E-state index in [0.717, 1.165) is 41.5 Å². The molecule has 0 saturated carbocycles. The van der Waals surface area contributed by atoms with Crippen LogP contribution in [0.2, 0.25) is 0 Å². The minimum atomic E-state index is -0.312. The Morgan fingerprint density at radius 1 is 1.10 bits per heavy atom. The van der Waals surface area contributed by atoms with Crippen molar-refractivity contribution in [2.75, 3.05) is 13.1 Å². The highest BCUT2D eigenvalue weighted by molar-refractivity contribution is 9.10. The van der Waals surface area contributed by atoms with Crippen LogP contribution in [0, 0.1) is 11.3 Å². The molecule has 0 amide bonds. The van der Waals surface area contributed by atoms with E-state index in [9.17, 15) is 4.79 Å². The fourth-order valence-corrected chi connectivity index (χ4v) is 4.49. The zero-order valence-corrected chi connectivity index (χ0v) is 17.1. The second-order valence-electron chi connectivity index (χ2n) is 7.19. The number of rotatable bonds is 3. The first-order chi connectivity index (χ1) is 14.2. The highest BCUT2D eigenvalue weighted by atomic mass is 79.9. The Morgan fingerprint density at radius 2 is 1.86 bits per heavy atom. The Labute approximate surface area is 174 Å². The lowest BCUT2D eigenvalue weighted by Gasteiger charge is -2.30. The molecule has 29 heavy (non-hydrogen) atoms. The molecule has 0 spiro atoms. The van der Waals surface area contributed by atoms with Gasteiger partial charge in [-0.1, -0.05) is 28.1 Å². The summed E-state index contributed by atoms with van der Waals surface area (Å²) in [7, 11) is 0. The summed E-state index contributed by atoms with van der Waals surface area (Å²) in [4.78, 5) is 16.0. The molecular formula is C21H17BrN6O. The zero-order valence-electron chi connectivity index (χ0n) is 15.5. The van der Waals surface area contributed by atoms with Crippen LogP contribution in [0.3, 0.4) is 0 Å². The van der Waals surface area contributed by atoms with Crippen LogP contribution < -0.4 is 5.56 Å². The summed E-state index contributed by atoms with van der Waals surface area (Å²) >= 11 is 3.48. The second kappa shape index (κ2) is 7.10. The van der Waals surface area contributed by atoms with Gasteiger partial charge in [-0.05, 0) is 48.7 Å². The van der Waals surface area contributed by atoms with E-state index in [1.54, 1.807) is 23.0 Å². The highest BCUT2D eigenvalue weighted by Crippen LogP contribution is 2.29. The van der Waals surface area contributed by atoms with E-state index < -0.39 is 0 Å². The van der Waals surface area contributed by atoms with Crippen molar-refractivity contribution >= 4 is 32.6 Å². The van der Waals surface area contributed by atoms with E-state index in [-0.39, 0.29) is 11.7 Å². The topological polar surface area (TPSA) is 79.2 Å². The first kappa shape index (κ1) is 18.0. The molecule has 2 aromatic heterocycles. The molecule has 0 aliphatic carbocycles. The number of aromatic nitrogens is 4. The first-order valence-corrected chi connectivity index (χ1v) is 10.2. The summed E-state index contributed by atoms with van der Waals surface area (Å²) in [6, 6.07) is 15.2.